The molecule has 3 rings (SSSR count). The van der Waals surface area contributed by atoms with E-state index in [0.717, 1.165) is 28.4 Å². The molecule has 2 aromatic carbocycles. The Hall–Kier alpha value is -2.76. The summed E-state index contributed by atoms with van der Waals surface area (Å²) in [7, 11) is 1.68. The van der Waals surface area contributed by atoms with Crippen LogP contribution in [0.25, 0.3) is 0 Å². The monoisotopic (exact) mass is 453 g/mol. The number of aromatic nitrogens is 1. The number of ether oxygens (including phenoxy) is 1. The zero-order valence-corrected chi connectivity index (χ0v) is 19.8. The van der Waals surface area contributed by atoms with Crippen LogP contribution in [0, 0.1) is 0 Å². The second-order valence-corrected chi connectivity index (χ2v) is 8.60. The van der Waals surface area contributed by atoms with Gasteiger partial charge in [-0.25, -0.2) is 4.79 Å². The maximum Gasteiger partial charge on any atom is 0.322 e. The lowest BCUT2D eigenvalue weighted by Gasteiger charge is -2.24. The van der Waals surface area contributed by atoms with Gasteiger partial charge in [0.2, 0.25) is 0 Å². The molecular formula is C26H32ClN3O2. The Kier molecular flexibility index (Phi) is 8.77. The van der Waals surface area contributed by atoms with Crippen LogP contribution in [0.4, 0.5) is 10.5 Å². The van der Waals surface area contributed by atoms with Crippen molar-refractivity contribution in [3.05, 3.63) is 88.7 Å². The topological polar surface area (TPSA) is 46.5 Å². The van der Waals surface area contributed by atoms with Crippen LogP contribution in [0.1, 0.15) is 43.0 Å². The number of nitrogens with zero attached hydrogens (tertiary/aromatic N) is 2. The quantitative estimate of drug-likeness (QED) is 0.362. The van der Waals surface area contributed by atoms with Crippen LogP contribution >= 0.6 is 11.6 Å². The number of halogens is 1. The van der Waals surface area contributed by atoms with E-state index in [1.807, 2.05) is 59.6 Å². The van der Waals surface area contributed by atoms with E-state index < -0.39 is 0 Å². The van der Waals surface area contributed by atoms with Gasteiger partial charge in [0.15, 0.2) is 0 Å². The summed E-state index contributed by atoms with van der Waals surface area (Å²) in [6, 6.07) is 19.8. The zero-order valence-electron chi connectivity index (χ0n) is 19.1. The van der Waals surface area contributed by atoms with Gasteiger partial charge < -0.3 is 19.5 Å². The first kappa shape index (κ1) is 23.9. The number of hydrogen-bond donors (Lipinski definition) is 1. The Morgan fingerprint density at radius 2 is 1.84 bits per heavy atom. The summed E-state index contributed by atoms with van der Waals surface area (Å²) in [5.41, 5.74) is 4.14. The van der Waals surface area contributed by atoms with Gasteiger partial charge in [-0.3, -0.25) is 0 Å². The molecule has 0 atom stereocenters. The molecule has 0 aliphatic rings. The molecular weight excluding hydrogens is 422 g/mol. The highest BCUT2D eigenvalue weighted by Gasteiger charge is 2.16. The highest BCUT2D eigenvalue weighted by Crippen LogP contribution is 2.20. The Bertz CT molecular complexity index is 998. The summed E-state index contributed by atoms with van der Waals surface area (Å²) in [6.07, 6.45) is 2.79. The van der Waals surface area contributed by atoms with Crippen LogP contribution in [-0.2, 0) is 17.8 Å². The first-order valence-corrected chi connectivity index (χ1v) is 11.4. The molecule has 6 heteroatoms. The van der Waals surface area contributed by atoms with E-state index in [4.69, 9.17) is 16.3 Å². The Labute approximate surface area is 196 Å². The van der Waals surface area contributed by atoms with Gasteiger partial charge in [-0.15, -0.1) is 0 Å². The Balaban J connectivity index is 1.72. The van der Waals surface area contributed by atoms with E-state index >= 15 is 0 Å². The maximum atomic E-state index is 13.1. The molecule has 1 aromatic heterocycles. The number of amides is 2. The van der Waals surface area contributed by atoms with Crippen LogP contribution in [0.2, 0.25) is 5.02 Å². The third-order valence-electron chi connectivity index (χ3n) is 5.47. The molecule has 170 valence electrons. The van der Waals surface area contributed by atoms with E-state index in [0.29, 0.717) is 32.2 Å². The Morgan fingerprint density at radius 3 is 2.53 bits per heavy atom. The lowest BCUT2D eigenvalue weighted by atomic mass is 10.0. The number of hydrogen-bond acceptors (Lipinski definition) is 2. The number of benzene rings is 2. The summed E-state index contributed by atoms with van der Waals surface area (Å²) in [4.78, 5) is 14.9. The number of nitrogens with one attached hydrogen (secondary N) is 1. The van der Waals surface area contributed by atoms with Gasteiger partial charge in [0.25, 0.3) is 0 Å². The average Bonchev–Trinajstić information content (AvgIpc) is 3.21. The van der Waals surface area contributed by atoms with Crippen LogP contribution < -0.4 is 5.32 Å². The van der Waals surface area contributed by atoms with Crippen LogP contribution in [0.3, 0.4) is 0 Å². The minimum atomic E-state index is -0.121. The first-order chi connectivity index (χ1) is 15.5. The van der Waals surface area contributed by atoms with Crippen molar-refractivity contribution in [2.75, 3.05) is 25.6 Å². The van der Waals surface area contributed by atoms with Gasteiger partial charge in [-0.1, -0.05) is 55.8 Å². The fourth-order valence-corrected chi connectivity index (χ4v) is 3.75. The molecule has 1 N–H and O–H groups in total. The van der Waals surface area contributed by atoms with E-state index in [1.54, 1.807) is 7.11 Å². The minimum absolute atomic E-state index is 0.121. The Morgan fingerprint density at radius 1 is 1.09 bits per heavy atom. The number of carbonyl (C=O) groups is 1. The molecule has 0 fully saturated rings. The highest BCUT2D eigenvalue weighted by molar-refractivity contribution is 6.31. The number of carbonyl (C=O) groups excluding carboxylic acids is 1. The summed E-state index contributed by atoms with van der Waals surface area (Å²) in [5, 5.41) is 3.78. The zero-order chi connectivity index (χ0) is 22.9. The second-order valence-electron chi connectivity index (χ2n) is 8.19. The van der Waals surface area contributed by atoms with Crippen molar-refractivity contribution in [3.63, 3.8) is 0 Å². The van der Waals surface area contributed by atoms with Gasteiger partial charge in [0, 0.05) is 49.4 Å². The lowest BCUT2D eigenvalue weighted by Crippen LogP contribution is -2.36. The van der Waals surface area contributed by atoms with Gasteiger partial charge in [0.05, 0.1) is 6.54 Å². The molecule has 0 bridgehead atoms. The molecule has 2 amide bonds. The molecule has 5 nitrogen and oxygen atoms in total. The predicted octanol–water partition coefficient (Wildman–Crippen LogP) is 6.38. The van der Waals surface area contributed by atoms with Crippen molar-refractivity contribution < 1.29 is 9.53 Å². The van der Waals surface area contributed by atoms with E-state index in [-0.39, 0.29) is 6.03 Å². The highest BCUT2D eigenvalue weighted by atomic mass is 35.5. The van der Waals surface area contributed by atoms with Crippen molar-refractivity contribution in [1.82, 2.24) is 9.47 Å². The fourth-order valence-electron chi connectivity index (χ4n) is 3.56. The lowest BCUT2D eigenvalue weighted by molar-refractivity contribution is 0.171. The second kappa shape index (κ2) is 11.7. The largest absolute Gasteiger partial charge is 0.385 e. The van der Waals surface area contributed by atoms with E-state index in [2.05, 4.69) is 35.9 Å². The molecule has 1 heterocycles. The predicted molar refractivity (Wildman–Crippen MR) is 131 cm³/mol. The molecule has 0 radical (unpaired) electrons. The minimum Gasteiger partial charge on any atom is -0.385 e. The van der Waals surface area contributed by atoms with Gasteiger partial charge in [0.1, 0.15) is 0 Å². The summed E-state index contributed by atoms with van der Waals surface area (Å²) < 4.78 is 7.33. The number of methoxy groups -OCH3 is 1. The smallest absolute Gasteiger partial charge is 0.322 e. The van der Waals surface area contributed by atoms with Gasteiger partial charge >= 0.3 is 6.03 Å². The molecule has 0 aliphatic carbocycles. The van der Waals surface area contributed by atoms with Crippen molar-refractivity contribution in [1.29, 1.82) is 0 Å². The third kappa shape index (κ3) is 6.62. The molecule has 0 unspecified atom stereocenters. The third-order valence-corrected chi connectivity index (χ3v) is 5.84. The van der Waals surface area contributed by atoms with Gasteiger partial charge in [-0.05, 0) is 53.8 Å². The molecule has 0 spiro atoms. The molecule has 0 saturated heterocycles. The van der Waals surface area contributed by atoms with E-state index in [1.165, 1.54) is 5.56 Å². The summed E-state index contributed by atoms with van der Waals surface area (Å²) >= 11 is 6.35. The van der Waals surface area contributed by atoms with Crippen molar-refractivity contribution in [2.24, 2.45) is 0 Å². The van der Waals surface area contributed by atoms with Crippen molar-refractivity contribution >= 4 is 23.3 Å². The molecule has 32 heavy (non-hydrogen) atoms. The van der Waals surface area contributed by atoms with Crippen LogP contribution in [0.15, 0.2) is 66.9 Å². The average molecular weight is 454 g/mol. The molecule has 0 aliphatic heterocycles. The number of anilines is 1. The maximum absolute atomic E-state index is 13.1. The first-order valence-electron chi connectivity index (χ1n) is 11.0. The molecule has 0 saturated carbocycles. The van der Waals surface area contributed by atoms with E-state index in [9.17, 15) is 4.79 Å². The van der Waals surface area contributed by atoms with Crippen molar-refractivity contribution in [2.45, 2.75) is 39.3 Å². The SMILES string of the molecule is COCCCN(Cc1cccn1Cc1ccccc1Cl)C(=O)Nc1ccc(C(C)C)cc1. The standard InChI is InChI=1S/C26H32ClN3O2/c1-20(2)21-11-13-23(14-12-21)28-26(31)30(16-7-17-32-3)19-24-9-6-15-29(24)18-22-8-4-5-10-25(22)27/h4-6,8-15,20H,7,16-19H2,1-3H3,(H,28,31). The van der Waals surface area contributed by atoms with Crippen molar-refractivity contribution in [3.8, 4) is 0 Å². The van der Waals surface area contributed by atoms with Gasteiger partial charge in [-0.2, -0.15) is 0 Å². The molecule has 3 aromatic rings. The summed E-state index contributed by atoms with van der Waals surface area (Å²) in [5.74, 6) is 0.455. The van der Waals surface area contributed by atoms with Crippen LogP contribution in [-0.4, -0.2) is 35.8 Å². The fraction of sp³-hybridized carbons (Fsp3) is 0.346. The van der Waals surface area contributed by atoms with Crippen LogP contribution in [0.5, 0.6) is 0 Å². The normalized spacial score (nSPS) is 11.0. The summed E-state index contributed by atoms with van der Waals surface area (Å²) in [6.45, 7) is 6.67. The number of rotatable bonds is 10. The number of urea groups is 1.